The Morgan fingerprint density at radius 2 is 1.26 bits per heavy atom. The third kappa shape index (κ3) is 12.6. The van der Waals surface area contributed by atoms with Gasteiger partial charge in [-0.1, -0.05) is 149 Å². The third-order valence-electron chi connectivity index (χ3n) is 10.9. The fourth-order valence-corrected chi connectivity index (χ4v) is 12.3. The molecule has 5 rings (SSSR count). The van der Waals surface area contributed by atoms with Gasteiger partial charge < -0.3 is 5.11 Å². The number of aromatic nitrogens is 1. The summed E-state index contributed by atoms with van der Waals surface area (Å²) in [5.74, 6) is 0.547. The quantitative estimate of drug-likeness (QED) is 0.0586. The van der Waals surface area contributed by atoms with E-state index in [4.69, 9.17) is 4.98 Å². The molecule has 1 N–H and O–H groups in total. The van der Waals surface area contributed by atoms with E-state index in [1.807, 2.05) is 39.0 Å². The van der Waals surface area contributed by atoms with Crippen molar-refractivity contribution in [1.82, 2.24) is 4.98 Å². The van der Waals surface area contributed by atoms with Crippen LogP contribution >= 0.6 is 11.3 Å². The Morgan fingerprint density at radius 3 is 1.75 bits per heavy atom. The van der Waals surface area contributed by atoms with Crippen molar-refractivity contribution in [1.29, 1.82) is 0 Å². The Hall–Kier alpha value is -2.42. The van der Waals surface area contributed by atoms with Crippen molar-refractivity contribution in [2.75, 3.05) is 0 Å². The maximum Gasteiger partial charge on any atom is 0.162 e. The molecule has 3 aromatic carbocycles. The maximum absolute atomic E-state index is 11.7. The first-order valence-corrected chi connectivity index (χ1v) is 29.0. The van der Waals surface area contributed by atoms with Gasteiger partial charge in [-0.15, -0.1) is 40.1 Å². The van der Waals surface area contributed by atoms with Crippen molar-refractivity contribution in [3.8, 4) is 11.3 Å². The predicted molar refractivity (Wildman–Crippen MR) is 255 cm³/mol. The number of hydrogen-bond donors (Lipinski definition) is 1. The molecule has 0 saturated carbocycles. The number of aliphatic hydroxyl groups is 1. The zero-order valence-electron chi connectivity index (χ0n) is 38.1. The van der Waals surface area contributed by atoms with Crippen molar-refractivity contribution >= 4 is 74.6 Å². The molecule has 0 saturated heterocycles. The summed E-state index contributed by atoms with van der Waals surface area (Å²) >= 11 is 1.93. The van der Waals surface area contributed by atoms with Crippen molar-refractivity contribution in [3.05, 3.63) is 77.7 Å². The van der Waals surface area contributed by atoms with Crippen LogP contribution in [0.15, 0.2) is 60.5 Å². The number of thiophene rings is 1. The number of pyridine rings is 1. The van der Waals surface area contributed by atoms with Crippen molar-refractivity contribution in [2.45, 2.75) is 147 Å². The minimum atomic E-state index is -1.63. The number of fused-ring (bicyclic) bond motifs is 4. The van der Waals surface area contributed by atoms with Crippen LogP contribution in [0, 0.1) is 28.7 Å². The number of benzene rings is 3. The normalized spacial score (nSPS) is 13.1. The van der Waals surface area contributed by atoms with E-state index in [1.54, 1.807) is 0 Å². The van der Waals surface area contributed by atoms with E-state index in [1.165, 1.54) is 58.5 Å². The molecule has 7 heteroatoms. The van der Waals surface area contributed by atoms with Crippen LogP contribution in [0.1, 0.15) is 106 Å². The van der Waals surface area contributed by atoms with Crippen LogP contribution in [0.2, 0.25) is 39.3 Å². The molecule has 0 unspecified atom stereocenters. The summed E-state index contributed by atoms with van der Waals surface area (Å²) in [6.07, 6.45) is 9.26. The van der Waals surface area contributed by atoms with Crippen molar-refractivity contribution in [3.63, 3.8) is 0 Å². The molecule has 0 fully saturated rings. The van der Waals surface area contributed by atoms with E-state index in [0.717, 1.165) is 49.8 Å². The summed E-state index contributed by atoms with van der Waals surface area (Å²) in [5.41, 5.74) is 5.57. The first-order chi connectivity index (χ1) is 25.9. The van der Waals surface area contributed by atoms with Gasteiger partial charge in [-0.05, 0) is 76.9 Å². The van der Waals surface area contributed by atoms with Gasteiger partial charge in [-0.2, -0.15) is 0 Å². The Labute approximate surface area is 365 Å². The van der Waals surface area contributed by atoms with E-state index < -0.39 is 16.1 Å². The van der Waals surface area contributed by atoms with Crippen LogP contribution in [-0.4, -0.2) is 32.0 Å². The molecule has 57 heavy (non-hydrogen) atoms. The second-order valence-corrected chi connectivity index (χ2v) is 31.7. The van der Waals surface area contributed by atoms with Gasteiger partial charge >= 0.3 is 0 Å². The molecule has 0 aliphatic heterocycles. The minimum Gasteiger partial charge on any atom is -0.512 e. The first kappa shape index (κ1) is 48.9. The second kappa shape index (κ2) is 19.3. The number of ketones is 1. The zero-order valence-corrected chi connectivity index (χ0v) is 43.3. The molecule has 5 aromatic rings. The van der Waals surface area contributed by atoms with Gasteiger partial charge in [0.1, 0.15) is 0 Å². The Kier molecular flexibility index (Phi) is 16.6. The molecule has 0 atom stereocenters. The van der Waals surface area contributed by atoms with Gasteiger partial charge in [0.05, 0.1) is 21.9 Å². The third-order valence-corrected chi connectivity index (χ3v) is 16.1. The van der Waals surface area contributed by atoms with Crippen LogP contribution in [0.4, 0.5) is 0 Å². The molecule has 0 bridgehead atoms. The average molecular weight is 1000 g/mol. The molecule has 0 amide bonds. The second-order valence-electron chi connectivity index (χ2n) is 20.6. The molecule has 0 aliphatic rings. The van der Waals surface area contributed by atoms with E-state index in [9.17, 15) is 9.90 Å². The fraction of sp³-hybridized carbons (Fsp3) is 0.520. The maximum atomic E-state index is 11.7. The van der Waals surface area contributed by atoms with Crippen molar-refractivity contribution in [2.24, 2.45) is 22.7 Å². The van der Waals surface area contributed by atoms with E-state index >= 15 is 0 Å². The topological polar surface area (TPSA) is 50.2 Å². The summed E-state index contributed by atoms with van der Waals surface area (Å²) in [6, 6.07) is 20.6. The molecule has 2 heterocycles. The summed E-state index contributed by atoms with van der Waals surface area (Å²) in [5, 5.41) is 18.1. The zero-order chi connectivity index (χ0) is 42.0. The van der Waals surface area contributed by atoms with Crippen LogP contribution < -0.4 is 10.4 Å². The number of carbonyl (C=O) groups excluding carboxylic acids is 1. The molecule has 313 valence electrons. The molecule has 0 aliphatic carbocycles. The number of allylic oxidation sites excluding steroid dienone is 2. The number of aliphatic hydroxyl groups excluding tert-OH is 1. The summed E-state index contributed by atoms with van der Waals surface area (Å²) in [7, 11) is -3.26. The predicted octanol–water partition coefficient (Wildman–Crippen LogP) is 14.2. The van der Waals surface area contributed by atoms with E-state index in [-0.39, 0.29) is 54.3 Å². The Morgan fingerprint density at radius 1 is 0.754 bits per heavy atom. The van der Waals surface area contributed by atoms with Crippen LogP contribution in [0.3, 0.4) is 0 Å². The summed E-state index contributed by atoms with van der Waals surface area (Å²) in [4.78, 5) is 17.0. The van der Waals surface area contributed by atoms with Gasteiger partial charge in [0.2, 0.25) is 0 Å². The average Bonchev–Trinajstić information content (AvgIpc) is 3.45. The van der Waals surface area contributed by atoms with E-state index in [2.05, 4.69) is 136 Å². The van der Waals surface area contributed by atoms with Crippen LogP contribution in [0.25, 0.3) is 42.2 Å². The van der Waals surface area contributed by atoms with Gasteiger partial charge in [-0.25, -0.2) is 0 Å². The van der Waals surface area contributed by atoms with E-state index in [0.29, 0.717) is 0 Å². The largest absolute Gasteiger partial charge is 0.512 e. The number of carbonyl (C=O) groups is 1. The SMILES string of the molecule is CC(C)(C)Cc1ccc2c([Si](C)(C)C)cc(-c3ncc([Si](C)(C)C)c4c3sc3cc(CC(C)(C)C)ccc34)[c-]c2c1.CCC(CC)C(=O)/C=C(\O)C(CC)CC.[Ir]. The monoisotopic (exact) mass is 999 g/mol. The standard InChI is InChI=1S/C37H48NSSi2.C13H24O2.Ir/c1-36(2,3)21-24-13-15-28-26(17-24)19-27(20-31(28)40(7,8)9)34-35-33(32(23-38-34)41(10,11)12)29-16-14-25(18-30(29)39-35)22-37(4,5)6;1-5-10(6-2)12(14)9-13(15)11(7-3)8-4;/h13-18,20,23H,21-22H2,1-12H3;9-11,14H,5-8H2,1-4H3;/q-1;;/b;12-9-;. The number of nitrogens with zero attached hydrogens (tertiary/aromatic N) is 1. The molecule has 3 nitrogen and oxygen atoms in total. The van der Waals surface area contributed by atoms with Crippen LogP contribution in [0.5, 0.6) is 0 Å². The number of rotatable bonds is 12. The number of hydrogen-bond acceptors (Lipinski definition) is 4. The minimum absolute atomic E-state index is 0. The molecule has 0 spiro atoms. The Bertz CT molecular complexity index is 2180. The van der Waals surface area contributed by atoms with Gasteiger partial charge in [0, 0.05) is 59.3 Å². The first-order valence-electron chi connectivity index (χ1n) is 21.2. The summed E-state index contributed by atoms with van der Waals surface area (Å²) < 4.78 is 2.71. The van der Waals surface area contributed by atoms with Gasteiger partial charge in [0.25, 0.3) is 0 Å². The molecular weight excluding hydrogens is 927 g/mol. The van der Waals surface area contributed by atoms with Gasteiger partial charge in [-0.3, -0.25) is 9.78 Å². The van der Waals surface area contributed by atoms with Crippen LogP contribution in [-0.2, 0) is 37.7 Å². The summed E-state index contributed by atoms with van der Waals surface area (Å²) in [6.45, 7) is 36.7. The molecular formula is C50H72IrNO2SSi2-. The Balaban J connectivity index is 0.000000464. The molecule has 1 radical (unpaired) electrons. The van der Waals surface area contributed by atoms with Gasteiger partial charge in [0.15, 0.2) is 5.78 Å². The van der Waals surface area contributed by atoms with Crippen molar-refractivity contribution < 1.29 is 30.0 Å². The smallest absolute Gasteiger partial charge is 0.162 e. The fourth-order valence-electron chi connectivity index (χ4n) is 7.89. The molecule has 2 aromatic heterocycles.